The molecule has 0 aliphatic carbocycles. The first-order chi connectivity index (χ1) is 16.6. The molecule has 0 unspecified atom stereocenters. The number of benzene rings is 2. The van der Waals surface area contributed by atoms with E-state index in [0.717, 1.165) is 43.9 Å². The molecule has 3 heterocycles. The van der Waals surface area contributed by atoms with E-state index in [-0.39, 0.29) is 5.91 Å². The highest BCUT2D eigenvalue weighted by molar-refractivity contribution is 5.89. The third kappa shape index (κ3) is 5.34. The largest absolute Gasteiger partial charge is 0.341 e. The van der Waals surface area contributed by atoms with Gasteiger partial charge >= 0.3 is 0 Å². The van der Waals surface area contributed by atoms with Crippen molar-refractivity contribution in [3.05, 3.63) is 66.5 Å². The molecular formula is C26H31N7O. The van der Waals surface area contributed by atoms with Crippen LogP contribution in [0.25, 0.3) is 0 Å². The number of carbonyl (C=O) groups is 1. The first-order valence-electron chi connectivity index (χ1n) is 12.0. The zero-order valence-electron chi connectivity index (χ0n) is 19.5. The fourth-order valence-corrected chi connectivity index (χ4v) is 5.05. The van der Waals surface area contributed by atoms with Crippen molar-refractivity contribution < 1.29 is 4.79 Å². The van der Waals surface area contributed by atoms with E-state index in [0.29, 0.717) is 23.9 Å². The Balaban J connectivity index is 1.17. The summed E-state index contributed by atoms with van der Waals surface area (Å²) < 4.78 is 0. The molecule has 34 heavy (non-hydrogen) atoms. The average molecular weight is 458 g/mol. The molecule has 2 aromatic carbocycles. The van der Waals surface area contributed by atoms with Crippen molar-refractivity contribution >= 4 is 29.2 Å². The summed E-state index contributed by atoms with van der Waals surface area (Å²) in [6, 6.07) is 19.0. The number of aromatic nitrogens is 3. The first kappa shape index (κ1) is 22.3. The number of hydrogen-bond donors (Lipinski definition) is 2. The second-order valence-electron chi connectivity index (χ2n) is 9.11. The zero-order valence-corrected chi connectivity index (χ0v) is 19.5. The van der Waals surface area contributed by atoms with Gasteiger partial charge in [-0.15, -0.1) is 0 Å². The Morgan fingerprint density at radius 1 is 0.941 bits per heavy atom. The summed E-state index contributed by atoms with van der Waals surface area (Å²) in [7, 11) is 0. The van der Waals surface area contributed by atoms with Gasteiger partial charge in [0, 0.05) is 44.0 Å². The maximum atomic E-state index is 11.3. The van der Waals surface area contributed by atoms with Crippen LogP contribution in [0.4, 0.5) is 23.3 Å². The predicted octanol–water partition coefficient (Wildman–Crippen LogP) is 4.03. The molecule has 2 aliphatic heterocycles. The summed E-state index contributed by atoms with van der Waals surface area (Å²) in [5, 5.41) is 6.01. The number of carbonyl (C=O) groups excluding carboxylic acids is 1. The third-order valence-corrected chi connectivity index (χ3v) is 6.75. The van der Waals surface area contributed by atoms with Crippen LogP contribution in [0.15, 0.2) is 60.9 Å². The number of anilines is 4. The lowest BCUT2D eigenvalue weighted by atomic mass is 9.98. The summed E-state index contributed by atoms with van der Waals surface area (Å²) in [6.45, 7) is 5.72. The van der Waals surface area contributed by atoms with Gasteiger partial charge in [-0.2, -0.15) is 4.98 Å². The van der Waals surface area contributed by atoms with Gasteiger partial charge < -0.3 is 15.5 Å². The zero-order chi connectivity index (χ0) is 23.3. The third-order valence-electron chi connectivity index (χ3n) is 6.75. The van der Waals surface area contributed by atoms with Crippen molar-refractivity contribution in [1.82, 2.24) is 19.9 Å². The molecule has 1 aromatic heterocycles. The van der Waals surface area contributed by atoms with Crippen molar-refractivity contribution in [3.63, 3.8) is 0 Å². The van der Waals surface area contributed by atoms with E-state index in [9.17, 15) is 4.79 Å². The Morgan fingerprint density at radius 2 is 1.74 bits per heavy atom. The minimum absolute atomic E-state index is 0.104. The van der Waals surface area contributed by atoms with Crippen LogP contribution in [0.1, 0.15) is 37.7 Å². The summed E-state index contributed by atoms with van der Waals surface area (Å²) in [4.78, 5) is 29.6. The fourth-order valence-electron chi connectivity index (χ4n) is 5.05. The maximum Gasteiger partial charge on any atom is 0.231 e. The number of hydrogen-bond acceptors (Lipinski definition) is 7. The number of amides is 1. The lowest BCUT2D eigenvalue weighted by molar-refractivity contribution is -0.114. The molecule has 8 nitrogen and oxygen atoms in total. The van der Waals surface area contributed by atoms with E-state index in [1.807, 2.05) is 24.3 Å². The van der Waals surface area contributed by atoms with Gasteiger partial charge in [-0.3, -0.25) is 9.69 Å². The molecule has 2 saturated heterocycles. The number of likely N-dealkylation sites (tertiary alicyclic amines) is 1. The van der Waals surface area contributed by atoms with Crippen LogP contribution in [0.2, 0.25) is 0 Å². The topological polar surface area (TPSA) is 86.3 Å². The molecule has 1 amide bonds. The molecule has 1 atom stereocenters. The van der Waals surface area contributed by atoms with Crippen LogP contribution in [0.5, 0.6) is 0 Å². The molecule has 8 heteroatoms. The summed E-state index contributed by atoms with van der Waals surface area (Å²) in [5.74, 6) is 1.75. The van der Waals surface area contributed by atoms with E-state index < -0.39 is 0 Å². The second kappa shape index (κ2) is 10.2. The number of nitrogens with one attached hydrogen (secondary N) is 2. The van der Waals surface area contributed by atoms with Gasteiger partial charge in [-0.1, -0.05) is 36.4 Å². The van der Waals surface area contributed by atoms with Crippen molar-refractivity contribution in [2.45, 2.75) is 38.1 Å². The van der Waals surface area contributed by atoms with Crippen molar-refractivity contribution in [1.29, 1.82) is 0 Å². The molecule has 2 aliphatic rings. The van der Waals surface area contributed by atoms with Gasteiger partial charge in [-0.25, -0.2) is 9.97 Å². The molecule has 176 valence electrons. The highest BCUT2D eigenvalue weighted by Crippen LogP contribution is 2.31. The molecule has 3 aromatic rings. The molecule has 5 rings (SSSR count). The van der Waals surface area contributed by atoms with Gasteiger partial charge in [-0.05, 0) is 55.5 Å². The van der Waals surface area contributed by atoms with Gasteiger partial charge in [0.1, 0.15) is 6.33 Å². The quantitative estimate of drug-likeness (QED) is 0.578. The molecule has 2 N–H and O–H groups in total. The normalized spacial score (nSPS) is 19.2. The number of nitrogens with zero attached hydrogens (tertiary/aromatic N) is 5. The monoisotopic (exact) mass is 457 g/mol. The SMILES string of the molecule is CC(=O)Nc1cccc(Nc2ncnc(N3CCC(N4CC[C@@H](c5ccccc5)C4)CC3)n2)c1. The molecular weight excluding hydrogens is 426 g/mol. The lowest BCUT2D eigenvalue weighted by Crippen LogP contribution is -2.44. The van der Waals surface area contributed by atoms with Crippen molar-refractivity contribution in [3.8, 4) is 0 Å². The van der Waals surface area contributed by atoms with Gasteiger partial charge in [0.05, 0.1) is 0 Å². The Bertz CT molecular complexity index is 1110. The predicted molar refractivity (Wildman–Crippen MR) is 134 cm³/mol. The summed E-state index contributed by atoms with van der Waals surface area (Å²) >= 11 is 0. The average Bonchev–Trinajstić information content (AvgIpc) is 3.35. The maximum absolute atomic E-state index is 11.3. The fraction of sp³-hybridized carbons (Fsp3) is 0.385. The molecule has 0 radical (unpaired) electrons. The summed E-state index contributed by atoms with van der Waals surface area (Å²) in [5.41, 5.74) is 3.00. The Kier molecular flexibility index (Phi) is 6.67. The Morgan fingerprint density at radius 3 is 2.53 bits per heavy atom. The Hall–Kier alpha value is -3.52. The second-order valence-corrected chi connectivity index (χ2v) is 9.11. The highest BCUT2D eigenvalue weighted by atomic mass is 16.1. The van der Waals surface area contributed by atoms with Crippen LogP contribution in [-0.4, -0.2) is 58.0 Å². The van der Waals surface area contributed by atoms with E-state index >= 15 is 0 Å². The van der Waals surface area contributed by atoms with Crippen LogP contribution < -0.4 is 15.5 Å². The number of piperidine rings is 1. The van der Waals surface area contributed by atoms with Gasteiger partial charge in [0.15, 0.2) is 0 Å². The summed E-state index contributed by atoms with van der Waals surface area (Å²) in [6.07, 6.45) is 5.04. The van der Waals surface area contributed by atoms with Gasteiger partial charge in [0.2, 0.25) is 17.8 Å². The van der Waals surface area contributed by atoms with Crippen LogP contribution in [0.3, 0.4) is 0 Å². The smallest absolute Gasteiger partial charge is 0.231 e. The lowest BCUT2D eigenvalue weighted by Gasteiger charge is -2.36. The minimum atomic E-state index is -0.104. The van der Waals surface area contributed by atoms with Gasteiger partial charge in [0.25, 0.3) is 0 Å². The van der Waals surface area contributed by atoms with Crippen LogP contribution in [-0.2, 0) is 4.79 Å². The van der Waals surface area contributed by atoms with E-state index in [4.69, 9.17) is 0 Å². The van der Waals surface area contributed by atoms with Crippen LogP contribution in [0, 0.1) is 0 Å². The molecule has 0 bridgehead atoms. The molecule has 2 fully saturated rings. The minimum Gasteiger partial charge on any atom is -0.341 e. The highest BCUT2D eigenvalue weighted by Gasteiger charge is 2.31. The standard InChI is InChI=1S/C26H31N7O/c1-19(34)29-22-8-5-9-23(16-22)30-25-27-18-28-26(31-25)32-14-11-24(12-15-32)33-13-10-21(17-33)20-6-3-2-4-7-20/h2-9,16,18,21,24H,10-15,17H2,1H3,(H,29,34)(H,27,28,30,31)/t21-/m1/s1. The van der Waals surface area contributed by atoms with Crippen molar-refractivity contribution in [2.24, 2.45) is 0 Å². The molecule has 0 spiro atoms. The van der Waals surface area contributed by atoms with E-state index in [1.54, 1.807) is 6.33 Å². The first-order valence-corrected chi connectivity index (χ1v) is 12.0. The molecule has 0 saturated carbocycles. The number of rotatable bonds is 6. The Labute approximate surface area is 200 Å². The van der Waals surface area contributed by atoms with Crippen LogP contribution >= 0.6 is 0 Å². The van der Waals surface area contributed by atoms with E-state index in [1.165, 1.54) is 25.5 Å². The van der Waals surface area contributed by atoms with E-state index in [2.05, 4.69) is 65.7 Å². The van der Waals surface area contributed by atoms with Crippen molar-refractivity contribution in [2.75, 3.05) is 41.7 Å².